The number of hydrogen-bond acceptors (Lipinski definition) is 19. The Balaban J connectivity index is 0.000000167. The van der Waals surface area contributed by atoms with Crippen molar-refractivity contribution in [2.24, 2.45) is 35.2 Å². The van der Waals surface area contributed by atoms with Crippen molar-refractivity contribution in [1.82, 2.24) is 93.0 Å². The Bertz CT molecular complexity index is 5760. The van der Waals surface area contributed by atoms with Crippen LogP contribution in [0.15, 0.2) is 147 Å². The van der Waals surface area contributed by atoms with Crippen LogP contribution in [0.2, 0.25) is 0 Å². The van der Waals surface area contributed by atoms with Crippen LogP contribution in [0.4, 0.5) is 0 Å². The van der Waals surface area contributed by atoms with E-state index in [9.17, 15) is 28.8 Å². The number of aromatic nitrogens is 20. The van der Waals surface area contributed by atoms with Gasteiger partial charge in [-0.1, -0.05) is 24.3 Å². The molecule has 17 heterocycles. The maximum absolute atomic E-state index is 13.5. The van der Waals surface area contributed by atoms with E-state index in [1.54, 1.807) is 114 Å². The van der Waals surface area contributed by atoms with Gasteiger partial charge in [-0.3, -0.25) is 4.79 Å². The number of imidazole rings is 5. The Labute approximate surface area is 691 Å². The monoisotopic (exact) mass is 1650 g/mol. The first-order chi connectivity index (χ1) is 56.4. The van der Waals surface area contributed by atoms with E-state index in [1.165, 1.54) is 0 Å². The fourth-order valence-electron chi connectivity index (χ4n) is 13.7. The van der Waals surface area contributed by atoms with Gasteiger partial charge in [-0.2, -0.15) is 0 Å². The molecule has 0 aliphatic carbocycles. The normalized spacial score (nSPS) is 11.5. The Morgan fingerprint density at radius 2 is 0.780 bits per heavy atom. The third-order valence-corrected chi connectivity index (χ3v) is 18.9. The van der Waals surface area contributed by atoms with Gasteiger partial charge in [-0.25, -0.2) is 73.4 Å². The summed E-state index contributed by atoms with van der Waals surface area (Å²) in [6.07, 6.45) is 36.5. The summed E-state index contributed by atoms with van der Waals surface area (Å²) in [6.45, 7) is 9.70. The van der Waals surface area contributed by atoms with E-state index in [2.05, 4.69) is 61.7 Å². The molecule has 0 amide bonds. The van der Waals surface area contributed by atoms with E-state index in [-0.39, 0.29) is 85.8 Å². The number of aryl methyl sites for hydroxylation is 5. The minimum atomic E-state index is -0.803. The molecule has 5 N–H and O–H groups in total. The third kappa shape index (κ3) is 16.9. The number of aromatic amines is 5. The second kappa shape index (κ2) is 36.8. The Morgan fingerprint density at radius 3 is 1.14 bits per heavy atom. The molecule has 0 atom stereocenters. The summed E-state index contributed by atoms with van der Waals surface area (Å²) in [5.41, 5.74) is 14.1. The number of carbonyl (C=O) groups is 6. The molecular formula is C85H79ClMnN20O11+. The maximum atomic E-state index is 13.5. The van der Waals surface area contributed by atoms with Crippen LogP contribution in [0, 0.1) is 0 Å². The molecule has 0 saturated heterocycles. The first kappa shape index (κ1) is 83.1. The van der Waals surface area contributed by atoms with Gasteiger partial charge in [0.2, 0.25) is 6.29 Å². The fraction of sp³-hybridized carbons (Fsp3) is 0.188. The molecule has 598 valence electrons. The van der Waals surface area contributed by atoms with Crippen LogP contribution >= 0.6 is 0 Å². The molecular weight excluding hydrogens is 1570 g/mol. The van der Waals surface area contributed by atoms with E-state index in [1.807, 2.05) is 162 Å². The van der Waals surface area contributed by atoms with Crippen LogP contribution in [0.5, 0.6) is 0 Å². The van der Waals surface area contributed by atoms with Gasteiger partial charge in [0, 0.05) is 113 Å². The van der Waals surface area contributed by atoms with Crippen molar-refractivity contribution >= 4 is 129 Å². The molecule has 0 saturated carbocycles. The molecule has 118 heavy (non-hydrogen) atoms. The van der Waals surface area contributed by atoms with Crippen molar-refractivity contribution in [1.29, 1.82) is 0 Å². The predicted molar refractivity (Wildman–Crippen MR) is 435 cm³/mol. The quantitative estimate of drug-likeness (QED) is 0.0141. The minimum Gasteiger partial charge on any atom is -1.00 e. The second-order valence-corrected chi connectivity index (χ2v) is 26.2. The zero-order valence-electron chi connectivity index (χ0n) is 65.6. The Morgan fingerprint density at radius 1 is 0.424 bits per heavy atom. The number of aldehydes is 1. The summed E-state index contributed by atoms with van der Waals surface area (Å²) in [6, 6.07) is 22.7. The van der Waals surface area contributed by atoms with Crippen molar-refractivity contribution in [3.05, 3.63) is 232 Å². The average Bonchev–Trinajstić information content (AvgIpc) is 1.61. The third-order valence-electron chi connectivity index (χ3n) is 18.9. The van der Waals surface area contributed by atoms with E-state index >= 15 is 0 Å². The standard InChI is InChI=1S/C34H30N8O4.C34H29N8O4.C13H14N4.C4H6O3.ClH.Mn/c2*1-5-45-33(43)29-23-11-7-19(37-23)27(31-35-15-17-41(31)3)21-9-13-25(39-21)30(34(44)46-6-2)26-14-10-22(40-26)28(20-8-12-24(29)38-20)32-36-16-18-42(32)4;1-17-9-8-16-13(17)12(10-4-2-6-14-10)11-5-3-7-15-11;1-2-7-4(6)3-5;;/h7-18H,5-6H2,1-4H3,(H2,35,36,37,38,39,40,43,44);7-18H,5-6H2,1-4H3,(H-,35,36,37,38,39,40,43,44);2-9,12,14-15H,1H3;3H,2H2,1H3;1H;/q;-1;;;;+3/p-1. The molecule has 0 fully saturated rings. The smallest absolute Gasteiger partial charge is 1.00 e. The molecule has 0 radical (unpaired) electrons. The van der Waals surface area contributed by atoms with Crippen LogP contribution in [-0.4, -0.2) is 152 Å². The number of nitrogens with one attached hydrogen (secondary N) is 5. The number of H-pyrrole nitrogens is 5. The number of hydrogen-bond donors (Lipinski definition) is 5. The second-order valence-electron chi connectivity index (χ2n) is 26.2. The number of fused-ring (bicyclic) bond motifs is 16. The van der Waals surface area contributed by atoms with Crippen LogP contribution in [-0.2, 0) is 85.6 Å². The van der Waals surface area contributed by atoms with E-state index in [0.717, 1.165) is 28.6 Å². The number of nitrogens with zero attached hydrogens (tertiary/aromatic N) is 15. The topological polar surface area (TPSA) is 382 Å². The van der Waals surface area contributed by atoms with Crippen LogP contribution in [0.25, 0.3) is 138 Å². The molecule has 4 aliphatic heterocycles. The molecule has 33 heteroatoms. The summed E-state index contributed by atoms with van der Waals surface area (Å²) in [4.78, 5) is 138. The van der Waals surface area contributed by atoms with Gasteiger partial charge in [-0.15, -0.1) is 22.1 Å². The van der Waals surface area contributed by atoms with Gasteiger partial charge >= 0.3 is 46.9 Å². The largest absolute Gasteiger partial charge is 3.00 e. The zero-order valence-corrected chi connectivity index (χ0v) is 67.6. The van der Waals surface area contributed by atoms with Gasteiger partial charge in [0.25, 0.3) is 5.82 Å². The van der Waals surface area contributed by atoms with E-state index in [0.29, 0.717) is 135 Å². The summed E-state index contributed by atoms with van der Waals surface area (Å²) in [7, 11) is 9.57. The number of rotatable bonds is 17. The molecule has 13 aromatic rings. The Kier molecular flexibility index (Phi) is 25.9. The van der Waals surface area contributed by atoms with Gasteiger partial charge in [0.15, 0.2) is 0 Å². The molecule has 0 unspecified atom stereocenters. The minimum absolute atomic E-state index is 0. The molecule has 0 aromatic carbocycles. The molecule has 16 bridgehead atoms. The van der Waals surface area contributed by atoms with Crippen molar-refractivity contribution < 1.29 is 86.5 Å². The van der Waals surface area contributed by atoms with Gasteiger partial charge in [0.1, 0.15) is 52.4 Å². The summed E-state index contributed by atoms with van der Waals surface area (Å²) < 4.78 is 35.8. The van der Waals surface area contributed by atoms with E-state index in [4.69, 9.17) is 48.9 Å². The first-order valence-electron chi connectivity index (χ1n) is 37.1. The number of ether oxygens (including phenoxy) is 5. The summed E-state index contributed by atoms with van der Waals surface area (Å²) in [5, 5.41) is 0. The molecule has 17 rings (SSSR count). The predicted octanol–water partition coefficient (Wildman–Crippen LogP) is 9.30. The van der Waals surface area contributed by atoms with Crippen molar-refractivity contribution in [3.8, 4) is 45.6 Å². The zero-order chi connectivity index (χ0) is 81.3. The van der Waals surface area contributed by atoms with Crippen molar-refractivity contribution in [3.63, 3.8) is 0 Å². The Hall–Kier alpha value is -14.4. The molecule has 4 aliphatic rings. The average molecular weight is 1650 g/mol. The van der Waals surface area contributed by atoms with Gasteiger partial charge in [0.05, 0.1) is 130 Å². The maximum Gasteiger partial charge on any atom is 3.00 e. The fourth-order valence-corrected chi connectivity index (χ4v) is 13.7. The van der Waals surface area contributed by atoms with Crippen LogP contribution in [0.1, 0.15) is 145 Å². The first-order valence-corrected chi connectivity index (χ1v) is 37.1. The van der Waals surface area contributed by atoms with E-state index < -0.39 is 29.8 Å². The summed E-state index contributed by atoms with van der Waals surface area (Å²) >= 11 is 0. The number of esters is 5. The molecule has 0 spiro atoms. The number of halogens is 1. The number of carbonyl (C=O) groups excluding carboxylic acids is 6. The SMILES string of the molecule is CCOC(=O)C=O.CCOC(=O)c1c2nc(c(-c3[nH]cc[n+]3C)c3ccc([nH]3)c(C(=O)OCC)c3nc(c(-c4nccn4C)c4ccc1[nH]4)C=C3)C=C2.CCOC(=O)c1c2nc(c(-c3nccn3C)c3ccc([n-]3)c(C(=O)OCC)c3nc(c(-c4nccn4C)c4ccc1[n-]4)C=C3)C=C2.Cn1ccnc1C(c1ccc[nH]1)c1ccc[nH]1.[Cl-].[Mn+3]. The van der Waals surface area contributed by atoms with Crippen molar-refractivity contribution in [2.75, 3.05) is 33.0 Å². The molecule has 13 aromatic heterocycles. The van der Waals surface area contributed by atoms with Crippen LogP contribution < -0.4 is 26.9 Å². The van der Waals surface area contributed by atoms with Gasteiger partial charge in [-0.05, 0) is 132 Å². The van der Waals surface area contributed by atoms with Crippen LogP contribution in [0.3, 0.4) is 0 Å². The van der Waals surface area contributed by atoms with Crippen molar-refractivity contribution in [2.45, 2.75) is 40.5 Å². The summed E-state index contributed by atoms with van der Waals surface area (Å²) in [5.74, 6) is 0.844. The van der Waals surface area contributed by atoms with Gasteiger partial charge < -0.3 is 84.3 Å². The molecule has 31 nitrogen and oxygen atoms in total.